The van der Waals surface area contributed by atoms with Crippen molar-refractivity contribution in [1.29, 1.82) is 0 Å². The number of ketones is 1. The molecule has 1 N–H and O–H groups in total. The summed E-state index contributed by atoms with van der Waals surface area (Å²) in [6, 6.07) is 13.6. The molecular formula is C20H22ClNO2. The molecule has 0 radical (unpaired) electrons. The van der Waals surface area contributed by atoms with E-state index in [1.54, 1.807) is 25.3 Å². The van der Waals surface area contributed by atoms with Gasteiger partial charge in [-0.1, -0.05) is 35.9 Å². The van der Waals surface area contributed by atoms with Crippen LogP contribution in [0.3, 0.4) is 0 Å². The van der Waals surface area contributed by atoms with E-state index in [-0.39, 0.29) is 5.78 Å². The normalized spacial score (nSPS) is 17.5. The number of rotatable bonds is 5. The summed E-state index contributed by atoms with van der Waals surface area (Å²) in [6.07, 6.45) is 2.84. The summed E-state index contributed by atoms with van der Waals surface area (Å²) in [5.41, 5.74) is 3.00. The lowest BCUT2D eigenvalue weighted by molar-refractivity contribution is 0.0992. The highest BCUT2D eigenvalue weighted by Crippen LogP contribution is 2.26. The van der Waals surface area contributed by atoms with Crippen molar-refractivity contribution >= 4 is 17.4 Å². The van der Waals surface area contributed by atoms with E-state index in [9.17, 15) is 4.79 Å². The molecule has 24 heavy (non-hydrogen) atoms. The van der Waals surface area contributed by atoms with E-state index in [0.717, 1.165) is 18.7 Å². The molecule has 0 unspecified atom stereocenters. The Balaban J connectivity index is 1.68. The molecule has 1 saturated heterocycles. The Morgan fingerprint density at radius 3 is 2.71 bits per heavy atom. The van der Waals surface area contributed by atoms with Crippen molar-refractivity contribution < 1.29 is 9.53 Å². The van der Waals surface area contributed by atoms with E-state index in [1.807, 2.05) is 0 Å². The largest absolute Gasteiger partial charge is 0.495 e. The predicted molar refractivity (Wildman–Crippen MR) is 97.3 cm³/mol. The lowest BCUT2D eigenvalue weighted by Gasteiger charge is -2.23. The van der Waals surface area contributed by atoms with Crippen LogP contribution in [0.4, 0.5) is 0 Å². The second-order valence-corrected chi connectivity index (χ2v) is 6.64. The van der Waals surface area contributed by atoms with Crippen molar-refractivity contribution in [2.45, 2.75) is 25.2 Å². The highest BCUT2D eigenvalue weighted by atomic mass is 35.5. The fraction of sp³-hybridized carbons (Fsp3) is 0.350. The lowest BCUT2D eigenvalue weighted by Crippen LogP contribution is -2.28. The van der Waals surface area contributed by atoms with Crippen LogP contribution in [0.25, 0.3) is 0 Å². The van der Waals surface area contributed by atoms with Crippen LogP contribution in [0, 0.1) is 0 Å². The zero-order valence-corrected chi connectivity index (χ0v) is 14.6. The summed E-state index contributed by atoms with van der Waals surface area (Å²) in [6.45, 7) is 2.16. The molecule has 2 aromatic rings. The van der Waals surface area contributed by atoms with Crippen molar-refractivity contribution in [2.75, 3.05) is 20.2 Å². The smallest absolute Gasteiger partial charge is 0.167 e. The monoisotopic (exact) mass is 343 g/mol. The van der Waals surface area contributed by atoms with Gasteiger partial charge in [-0.05, 0) is 54.6 Å². The minimum atomic E-state index is 0.0667. The molecule has 0 saturated carbocycles. The Morgan fingerprint density at radius 1 is 1.25 bits per heavy atom. The summed E-state index contributed by atoms with van der Waals surface area (Å²) in [7, 11) is 1.55. The number of piperidine rings is 1. The number of methoxy groups -OCH3 is 1. The average molecular weight is 344 g/mol. The number of nitrogens with one attached hydrogen (secondary N) is 1. The Bertz CT molecular complexity index is 706. The maximum Gasteiger partial charge on any atom is 0.167 e. The van der Waals surface area contributed by atoms with Crippen LogP contribution in [-0.2, 0) is 6.42 Å². The molecule has 1 atom stereocenters. The van der Waals surface area contributed by atoms with Gasteiger partial charge in [0.1, 0.15) is 5.75 Å². The van der Waals surface area contributed by atoms with Gasteiger partial charge in [0.05, 0.1) is 12.1 Å². The standard InChI is InChI=1S/C20H22ClNO2/c1-24-20-12-16(8-9-18(20)21)19(23)11-14-4-6-15(7-5-14)17-3-2-10-22-13-17/h4-9,12,17,22H,2-3,10-11,13H2,1H3/t17-/m0/s1. The molecule has 4 heteroatoms. The summed E-state index contributed by atoms with van der Waals surface area (Å²) in [5, 5.41) is 3.95. The quantitative estimate of drug-likeness (QED) is 0.825. The number of halogens is 1. The van der Waals surface area contributed by atoms with Crippen molar-refractivity contribution in [3.63, 3.8) is 0 Å². The summed E-state index contributed by atoms with van der Waals surface area (Å²) < 4.78 is 5.18. The Kier molecular flexibility index (Phi) is 5.54. The first-order valence-corrected chi connectivity index (χ1v) is 8.71. The van der Waals surface area contributed by atoms with E-state index in [4.69, 9.17) is 16.3 Å². The fourth-order valence-corrected chi connectivity index (χ4v) is 3.36. The summed E-state index contributed by atoms with van der Waals surface area (Å²) in [5.74, 6) is 1.18. The lowest BCUT2D eigenvalue weighted by atomic mass is 9.90. The Labute approximate surface area is 148 Å². The van der Waals surface area contributed by atoms with E-state index < -0.39 is 0 Å². The molecule has 3 rings (SSSR count). The van der Waals surface area contributed by atoms with Gasteiger partial charge in [0.15, 0.2) is 5.78 Å². The number of ether oxygens (including phenoxy) is 1. The van der Waals surface area contributed by atoms with Gasteiger partial charge in [-0.3, -0.25) is 4.79 Å². The number of hydrogen-bond acceptors (Lipinski definition) is 3. The minimum Gasteiger partial charge on any atom is -0.495 e. The van der Waals surface area contributed by atoms with Gasteiger partial charge < -0.3 is 10.1 Å². The van der Waals surface area contributed by atoms with Gasteiger partial charge in [0.2, 0.25) is 0 Å². The number of Topliss-reactive ketones (excluding diaryl/α,β-unsaturated/α-hetero) is 1. The van der Waals surface area contributed by atoms with Gasteiger partial charge in [0, 0.05) is 18.5 Å². The third-order valence-corrected chi connectivity index (χ3v) is 4.90. The average Bonchev–Trinajstić information content (AvgIpc) is 2.63. The fourth-order valence-electron chi connectivity index (χ4n) is 3.16. The molecule has 0 aliphatic carbocycles. The third-order valence-electron chi connectivity index (χ3n) is 4.59. The Hall–Kier alpha value is -1.84. The van der Waals surface area contributed by atoms with Crippen LogP contribution in [0.2, 0.25) is 5.02 Å². The number of carbonyl (C=O) groups is 1. The maximum atomic E-state index is 12.5. The van der Waals surface area contributed by atoms with Crippen molar-refractivity contribution in [3.8, 4) is 5.75 Å². The Morgan fingerprint density at radius 2 is 2.04 bits per heavy atom. The van der Waals surface area contributed by atoms with E-state index in [2.05, 4.69) is 29.6 Å². The summed E-state index contributed by atoms with van der Waals surface area (Å²) in [4.78, 5) is 12.5. The molecular weight excluding hydrogens is 322 g/mol. The highest BCUT2D eigenvalue weighted by molar-refractivity contribution is 6.32. The molecule has 1 aliphatic rings. The maximum absolute atomic E-state index is 12.5. The first kappa shape index (κ1) is 17.0. The van der Waals surface area contributed by atoms with Crippen LogP contribution in [0.1, 0.15) is 40.2 Å². The van der Waals surface area contributed by atoms with E-state index in [1.165, 1.54) is 18.4 Å². The van der Waals surface area contributed by atoms with Crippen molar-refractivity contribution in [2.24, 2.45) is 0 Å². The molecule has 1 heterocycles. The van der Waals surface area contributed by atoms with E-state index >= 15 is 0 Å². The molecule has 1 aliphatic heterocycles. The SMILES string of the molecule is COc1cc(C(=O)Cc2ccc([C@H]3CCCNC3)cc2)ccc1Cl. The first-order chi connectivity index (χ1) is 11.7. The predicted octanol–water partition coefficient (Wildman–Crippen LogP) is 4.24. The molecule has 0 spiro atoms. The number of hydrogen-bond donors (Lipinski definition) is 1. The topological polar surface area (TPSA) is 38.3 Å². The van der Waals surface area contributed by atoms with Crippen LogP contribution >= 0.6 is 11.6 Å². The van der Waals surface area contributed by atoms with Crippen LogP contribution < -0.4 is 10.1 Å². The molecule has 2 aromatic carbocycles. The van der Waals surface area contributed by atoms with Gasteiger partial charge in [-0.15, -0.1) is 0 Å². The van der Waals surface area contributed by atoms with Crippen LogP contribution in [0.15, 0.2) is 42.5 Å². The van der Waals surface area contributed by atoms with Crippen LogP contribution in [0.5, 0.6) is 5.75 Å². The molecule has 0 bridgehead atoms. The number of carbonyl (C=O) groups excluding carboxylic acids is 1. The second-order valence-electron chi connectivity index (χ2n) is 6.23. The van der Waals surface area contributed by atoms with E-state index in [0.29, 0.717) is 28.7 Å². The summed E-state index contributed by atoms with van der Waals surface area (Å²) >= 11 is 6.01. The molecule has 1 fully saturated rings. The van der Waals surface area contributed by atoms with Gasteiger partial charge >= 0.3 is 0 Å². The second kappa shape index (κ2) is 7.82. The van der Waals surface area contributed by atoms with Crippen molar-refractivity contribution in [1.82, 2.24) is 5.32 Å². The third kappa shape index (κ3) is 3.97. The molecule has 126 valence electrons. The minimum absolute atomic E-state index is 0.0667. The zero-order chi connectivity index (χ0) is 16.9. The molecule has 0 aromatic heterocycles. The van der Waals surface area contributed by atoms with Gasteiger partial charge in [0.25, 0.3) is 0 Å². The number of benzene rings is 2. The molecule has 3 nitrogen and oxygen atoms in total. The first-order valence-electron chi connectivity index (χ1n) is 8.33. The zero-order valence-electron chi connectivity index (χ0n) is 13.8. The van der Waals surface area contributed by atoms with Gasteiger partial charge in [-0.25, -0.2) is 0 Å². The van der Waals surface area contributed by atoms with Gasteiger partial charge in [-0.2, -0.15) is 0 Å². The highest BCUT2D eigenvalue weighted by Gasteiger charge is 2.15. The van der Waals surface area contributed by atoms with Crippen LogP contribution in [-0.4, -0.2) is 26.0 Å². The molecule has 0 amide bonds. The van der Waals surface area contributed by atoms with Crippen molar-refractivity contribution in [3.05, 3.63) is 64.2 Å².